The van der Waals surface area contributed by atoms with Crippen LogP contribution in [0.5, 0.6) is 0 Å². The summed E-state index contributed by atoms with van der Waals surface area (Å²) in [5.74, 6) is 2.87. The van der Waals surface area contributed by atoms with Crippen molar-refractivity contribution >= 4 is 29.1 Å². The topological polar surface area (TPSA) is 170 Å². The van der Waals surface area contributed by atoms with Crippen LogP contribution in [0.2, 0.25) is 0 Å². The van der Waals surface area contributed by atoms with E-state index in [2.05, 4.69) is 71.3 Å². The molecule has 0 radical (unpaired) electrons. The third kappa shape index (κ3) is 20.3. The fraction of sp³-hybridized carbons (Fsp3) is 0.860. The molecular weight excluding hydrogens is 792 g/mol. The third-order valence-corrected chi connectivity index (χ3v) is 10.2. The van der Waals surface area contributed by atoms with E-state index in [0.717, 1.165) is 77.2 Å². The number of Topliss-reactive ketones (excluding diaryl/α,β-unsaturated/α-hetero) is 1. The largest absolute Gasteiger partial charge is 0.408 e. The molecule has 4 heterocycles. The molecule has 61 heavy (non-hydrogen) atoms. The first kappa shape index (κ1) is 55.2. The van der Waals surface area contributed by atoms with Gasteiger partial charge in [-0.25, -0.2) is 10.1 Å². The number of nitrogens with zero attached hydrogens (tertiary/aromatic N) is 10. The molecule has 0 bridgehead atoms. The Hall–Kier alpha value is -3.85. The molecule has 15 nitrogen and oxygen atoms in total. The van der Waals surface area contributed by atoms with Crippen molar-refractivity contribution in [3.8, 4) is 6.19 Å². The number of morpholine rings is 1. The Morgan fingerprint density at radius 1 is 0.754 bits per heavy atom. The first-order valence-corrected chi connectivity index (χ1v) is 21.4. The molecule has 0 aromatic rings. The summed E-state index contributed by atoms with van der Waals surface area (Å²) in [6.45, 7) is 36.0. The summed E-state index contributed by atoms with van der Waals surface area (Å²) in [7, 11) is 2.01. The number of hydrogen-bond donors (Lipinski definition) is 1. The number of likely N-dealkylation sites (tertiary alicyclic amines) is 2. The zero-order chi connectivity index (χ0) is 47.2. The van der Waals surface area contributed by atoms with E-state index < -0.39 is 28.6 Å². The second-order valence-corrected chi connectivity index (χ2v) is 20.9. The van der Waals surface area contributed by atoms with Crippen molar-refractivity contribution in [2.75, 3.05) is 92.3 Å². The maximum atomic E-state index is 12.3. The Morgan fingerprint density at radius 3 is 1.62 bits per heavy atom. The molecule has 4 aliphatic rings. The number of hydrazone groups is 1. The Morgan fingerprint density at radius 2 is 1.23 bits per heavy atom. The Bertz CT molecular complexity index is 1560. The summed E-state index contributed by atoms with van der Waals surface area (Å²) in [5.41, 5.74) is -1.29. The summed E-state index contributed by atoms with van der Waals surface area (Å²) >= 11 is 0. The first-order chi connectivity index (χ1) is 27.7. The van der Waals surface area contributed by atoms with Crippen LogP contribution in [0, 0.1) is 54.1 Å². The molecule has 0 saturated carbocycles. The standard InChI is InChI=1S/C12H22F3N3.C12H21N3O3.C10H17N3O.C9H18N2/c1-11(2,3)10(16-9-12(13,14)15)18-7-5-17(4)6-8-18;1-11(2,3)10(13-15(17)18)14-7-6-9(16)12(4,5)8-14;1-10(2,3)9(12-8-11)13-4-6-14-7-5-13;1-9(2,3)8(10)11-6-4-5-7-11/h5-9H2,1-4H3;6-8H2,1-5H3;4-7H2,1-3H3;10H,4-7H2,1-3H3/b;13-10-;;. The number of likely N-dealkylation sites (N-methyl/N-ethyl adjacent to an activating group) is 1. The summed E-state index contributed by atoms with van der Waals surface area (Å²) < 4.78 is 42.2. The average molecular weight is 870 g/mol. The first-order valence-electron chi connectivity index (χ1n) is 21.4. The van der Waals surface area contributed by atoms with Gasteiger partial charge in [-0.05, 0) is 19.9 Å². The van der Waals surface area contributed by atoms with Crippen molar-refractivity contribution in [2.24, 2.45) is 42.2 Å². The van der Waals surface area contributed by atoms with Gasteiger partial charge >= 0.3 is 6.18 Å². The van der Waals surface area contributed by atoms with Crippen LogP contribution >= 0.6 is 0 Å². The SMILES string of the molecule is CC(C)(C)C(=N)N1CCCC1.CC(C)(C)C(=NC#N)N1CCOCC1.CC1(C)CN(/C(=N\[N+](=O)[O-])C(C)(C)C)CCC1=O.CN1CCN(C(=NCC(F)(F)F)C(C)(C)C)CC1. The molecule has 0 aromatic heterocycles. The molecule has 4 aliphatic heterocycles. The predicted molar refractivity (Wildman–Crippen MR) is 239 cm³/mol. The fourth-order valence-electron chi connectivity index (χ4n) is 7.11. The number of ketones is 1. The number of carbonyl (C=O) groups excluding carboxylic acids is 1. The van der Waals surface area contributed by atoms with Gasteiger partial charge in [-0.3, -0.25) is 15.2 Å². The highest BCUT2D eigenvalue weighted by Crippen LogP contribution is 2.30. The van der Waals surface area contributed by atoms with E-state index in [1.807, 2.05) is 78.4 Å². The highest BCUT2D eigenvalue weighted by atomic mass is 19.4. The average Bonchev–Trinajstić information content (AvgIpc) is 3.65. The second-order valence-electron chi connectivity index (χ2n) is 20.9. The number of rotatable bonds is 2. The van der Waals surface area contributed by atoms with E-state index >= 15 is 0 Å². The number of nitrogens with one attached hydrogen (secondary N) is 1. The number of alkyl halides is 3. The number of nitriles is 1. The van der Waals surface area contributed by atoms with E-state index in [1.54, 1.807) is 0 Å². The maximum Gasteiger partial charge on any atom is 0.408 e. The smallest absolute Gasteiger partial charge is 0.378 e. The number of amidine groups is 4. The van der Waals surface area contributed by atoms with Crippen LogP contribution in [-0.4, -0.2) is 157 Å². The molecular formula is C43H78F3N11O4. The van der Waals surface area contributed by atoms with E-state index in [4.69, 9.17) is 15.4 Å². The molecule has 0 amide bonds. The number of aliphatic imine (C=N–C) groups is 2. The lowest BCUT2D eigenvalue weighted by atomic mass is 9.81. The van der Waals surface area contributed by atoms with E-state index in [0.29, 0.717) is 31.2 Å². The van der Waals surface area contributed by atoms with E-state index in [1.165, 1.54) is 12.8 Å². The van der Waals surface area contributed by atoms with Crippen molar-refractivity contribution in [1.29, 1.82) is 10.7 Å². The van der Waals surface area contributed by atoms with Crippen LogP contribution in [0.4, 0.5) is 13.2 Å². The van der Waals surface area contributed by atoms with E-state index in [9.17, 15) is 28.1 Å². The van der Waals surface area contributed by atoms with Gasteiger partial charge in [0.2, 0.25) is 6.19 Å². The van der Waals surface area contributed by atoms with Crippen LogP contribution in [0.1, 0.15) is 116 Å². The van der Waals surface area contributed by atoms with Crippen molar-refractivity contribution < 1.29 is 27.7 Å². The number of nitro groups is 1. The Labute approximate surface area is 364 Å². The van der Waals surface area contributed by atoms with Gasteiger partial charge in [0, 0.05) is 98.9 Å². The van der Waals surface area contributed by atoms with Gasteiger partial charge in [-0.2, -0.15) is 23.4 Å². The molecule has 18 heteroatoms. The number of hydrogen-bond acceptors (Lipinski definition) is 9. The summed E-state index contributed by atoms with van der Waals surface area (Å²) in [6.07, 6.45) is 0.585. The summed E-state index contributed by atoms with van der Waals surface area (Å²) in [4.78, 5) is 40.5. The van der Waals surface area contributed by atoms with Crippen molar-refractivity contribution in [1.82, 2.24) is 24.5 Å². The molecule has 0 unspecified atom stereocenters. The Kier molecular flexibility index (Phi) is 20.8. The number of piperazine rings is 1. The highest BCUT2D eigenvalue weighted by molar-refractivity contribution is 5.91. The zero-order valence-electron chi connectivity index (χ0n) is 40.1. The van der Waals surface area contributed by atoms with E-state index in [-0.39, 0.29) is 22.0 Å². The van der Waals surface area contributed by atoms with Crippen LogP contribution < -0.4 is 0 Å². The number of piperidine rings is 1. The van der Waals surface area contributed by atoms with Crippen LogP contribution in [0.25, 0.3) is 0 Å². The van der Waals surface area contributed by atoms with Gasteiger partial charge in [0.25, 0.3) is 0 Å². The number of ether oxygens (including phenoxy) is 1. The van der Waals surface area contributed by atoms with Gasteiger partial charge in [-0.1, -0.05) is 96.9 Å². The molecule has 4 saturated heterocycles. The lowest BCUT2D eigenvalue weighted by Crippen LogP contribution is -2.51. The number of halogens is 3. The van der Waals surface area contributed by atoms with Gasteiger partial charge < -0.3 is 29.2 Å². The minimum atomic E-state index is -4.23. The van der Waals surface area contributed by atoms with Crippen LogP contribution in [-0.2, 0) is 9.53 Å². The minimum absolute atomic E-state index is 0.0321. The van der Waals surface area contributed by atoms with Gasteiger partial charge in [0.05, 0.1) is 18.3 Å². The zero-order valence-corrected chi connectivity index (χ0v) is 40.1. The van der Waals surface area contributed by atoms with Crippen molar-refractivity contribution in [3.63, 3.8) is 0 Å². The molecule has 1 N–H and O–H groups in total. The predicted octanol–water partition coefficient (Wildman–Crippen LogP) is 7.51. The fourth-order valence-corrected chi connectivity index (χ4v) is 7.11. The lowest BCUT2D eigenvalue weighted by Gasteiger charge is -2.40. The lowest BCUT2D eigenvalue weighted by molar-refractivity contribution is -0.486. The summed E-state index contributed by atoms with van der Waals surface area (Å²) in [5, 5.41) is 30.0. The molecule has 350 valence electrons. The van der Waals surface area contributed by atoms with Gasteiger partial charge in [0.15, 0.2) is 10.9 Å². The molecule has 0 aliphatic carbocycles. The molecule has 4 rings (SSSR count). The maximum absolute atomic E-state index is 12.3. The molecule has 4 fully saturated rings. The minimum Gasteiger partial charge on any atom is -0.378 e. The summed E-state index contributed by atoms with van der Waals surface area (Å²) in [6, 6.07) is 0. The van der Waals surface area contributed by atoms with Crippen LogP contribution in [0.3, 0.4) is 0 Å². The van der Waals surface area contributed by atoms with Crippen LogP contribution in [0.15, 0.2) is 15.1 Å². The van der Waals surface area contributed by atoms with Crippen molar-refractivity contribution in [2.45, 2.75) is 122 Å². The van der Waals surface area contributed by atoms with Crippen molar-refractivity contribution in [3.05, 3.63) is 10.1 Å². The monoisotopic (exact) mass is 870 g/mol. The molecule has 0 atom stereocenters. The normalized spacial score (nSPS) is 20.1. The van der Waals surface area contributed by atoms with Gasteiger partial charge in [-0.15, -0.1) is 0 Å². The van der Waals surface area contributed by atoms with Gasteiger partial charge in [0.1, 0.15) is 29.8 Å². The number of carbonyl (C=O) groups is 1. The highest BCUT2D eigenvalue weighted by Gasteiger charge is 2.39. The molecule has 0 aromatic carbocycles. The Balaban J connectivity index is 0.000000413. The quantitative estimate of drug-likeness (QED) is 0.0963. The molecule has 0 spiro atoms. The third-order valence-electron chi connectivity index (χ3n) is 10.2. The second kappa shape index (κ2) is 23.0.